The zero-order chi connectivity index (χ0) is 19.0. The molecule has 1 aliphatic rings. The van der Waals surface area contributed by atoms with Crippen LogP contribution in [0.2, 0.25) is 0 Å². The lowest BCUT2D eigenvalue weighted by molar-refractivity contribution is -0.136. The van der Waals surface area contributed by atoms with Crippen LogP contribution in [0.1, 0.15) is 27.2 Å². The number of nitrogens with zero attached hydrogens (tertiary/aromatic N) is 1. The number of amides is 1. The molecule has 1 N–H and O–H groups in total. The third-order valence-electron chi connectivity index (χ3n) is 4.68. The van der Waals surface area contributed by atoms with E-state index in [4.69, 9.17) is 0 Å². The SMILES string of the molecule is O=C(C[C@]1(O)C(=O)N(Cc2cccc(F)c2)c2ccccc21)c1cccs1. The average Bonchev–Trinajstić information content (AvgIpc) is 3.26. The van der Waals surface area contributed by atoms with E-state index in [-0.39, 0.29) is 18.7 Å². The van der Waals surface area contributed by atoms with E-state index in [1.807, 2.05) is 0 Å². The Morgan fingerprint density at radius 2 is 1.93 bits per heavy atom. The van der Waals surface area contributed by atoms with Gasteiger partial charge in [-0.1, -0.05) is 36.4 Å². The third-order valence-corrected chi connectivity index (χ3v) is 5.59. The van der Waals surface area contributed by atoms with E-state index in [1.54, 1.807) is 53.9 Å². The van der Waals surface area contributed by atoms with Crippen molar-refractivity contribution in [3.63, 3.8) is 0 Å². The number of carbonyl (C=O) groups is 2. The van der Waals surface area contributed by atoms with Crippen LogP contribution in [0.3, 0.4) is 0 Å². The van der Waals surface area contributed by atoms with E-state index in [0.29, 0.717) is 21.7 Å². The minimum atomic E-state index is -1.93. The van der Waals surface area contributed by atoms with Crippen molar-refractivity contribution in [3.8, 4) is 0 Å². The van der Waals surface area contributed by atoms with Crippen molar-refractivity contribution in [1.82, 2.24) is 0 Å². The van der Waals surface area contributed by atoms with Gasteiger partial charge in [0.15, 0.2) is 11.4 Å². The summed E-state index contributed by atoms with van der Waals surface area (Å²) in [5, 5.41) is 13.0. The molecule has 0 spiro atoms. The molecule has 0 aliphatic carbocycles. The number of carbonyl (C=O) groups excluding carboxylic acids is 2. The van der Waals surface area contributed by atoms with Gasteiger partial charge in [-0.15, -0.1) is 11.3 Å². The summed E-state index contributed by atoms with van der Waals surface area (Å²) in [5.74, 6) is -1.25. The normalized spacial score (nSPS) is 18.6. The molecule has 0 fully saturated rings. The predicted octanol–water partition coefficient (Wildman–Crippen LogP) is 3.89. The van der Waals surface area contributed by atoms with Gasteiger partial charge >= 0.3 is 0 Å². The van der Waals surface area contributed by atoms with E-state index in [9.17, 15) is 19.1 Å². The van der Waals surface area contributed by atoms with E-state index in [0.717, 1.165) is 0 Å². The Morgan fingerprint density at radius 1 is 1.11 bits per heavy atom. The van der Waals surface area contributed by atoms with Crippen molar-refractivity contribution < 1.29 is 19.1 Å². The van der Waals surface area contributed by atoms with Crippen LogP contribution in [0.4, 0.5) is 10.1 Å². The second kappa shape index (κ2) is 6.72. The van der Waals surface area contributed by atoms with Crippen molar-refractivity contribution >= 4 is 28.7 Å². The minimum absolute atomic E-state index is 0.114. The van der Waals surface area contributed by atoms with Gasteiger partial charge in [0, 0.05) is 5.56 Å². The van der Waals surface area contributed by atoms with Crippen molar-refractivity contribution in [1.29, 1.82) is 0 Å². The number of anilines is 1. The van der Waals surface area contributed by atoms with E-state index >= 15 is 0 Å². The van der Waals surface area contributed by atoms with Gasteiger partial charge in [0.05, 0.1) is 23.5 Å². The Balaban J connectivity index is 1.69. The van der Waals surface area contributed by atoms with Crippen LogP contribution < -0.4 is 4.90 Å². The lowest BCUT2D eigenvalue weighted by Gasteiger charge is -2.22. The monoisotopic (exact) mass is 381 g/mol. The molecular formula is C21H16FNO3S. The number of rotatable bonds is 5. The summed E-state index contributed by atoms with van der Waals surface area (Å²) in [6.07, 6.45) is -0.330. The molecule has 3 aromatic rings. The lowest BCUT2D eigenvalue weighted by atomic mass is 9.89. The highest BCUT2D eigenvalue weighted by atomic mass is 32.1. The summed E-state index contributed by atoms with van der Waals surface area (Å²) >= 11 is 1.27. The number of thiophene rings is 1. The van der Waals surface area contributed by atoms with Gasteiger partial charge in [-0.25, -0.2) is 4.39 Å². The van der Waals surface area contributed by atoms with Crippen LogP contribution in [0.25, 0.3) is 0 Å². The van der Waals surface area contributed by atoms with Gasteiger partial charge < -0.3 is 10.0 Å². The highest BCUT2D eigenvalue weighted by Gasteiger charge is 2.50. The first-order valence-corrected chi connectivity index (χ1v) is 9.32. The maximum atomic E-state index is 13.5. The molecule has 1 aliphatic heterocycles. The molecule has 0 radical (unpaired) electrons. The van der Waals surface area contributed by atoms with Gasteiger partial charge in [0.1, 0.15) is 5.82 Å². The van der Waals surface area contributed by atoms with Crippen LogP contribution >= 0.6 is 11.3 Å². The molecule has 0 saturated heterocycles. The van der Waals surface area contributed by atoms with Gasteiger partial charge in [0.2, 0.25) is 0 Å². The van der Waals surface area contributed by atoms with Crippen molar-refractivity contribution in [2.75, 3.05) is 4.90 Å². The lowest BCUT2D eigenvalue weighted by Crippen LogP contribution is -2.41. The molecule has 4 rings (SSSR count). The topological polar surface area (TPSA) is 57.6 Å². The molecule has 136 valence electrons. The molecule has 2 aromatic carbocycles. The largest absolute Gasteiger partial charge is 0.375 e. The number of fused-ring (bicyclic) bond motifs is 1. The van der Waals surface area contributed by atoms with E-state index in [2.05, 4.69) is 0 Å². The number of halogens is 1. The average molecular weight is 381 g/mol. The van der Waals surface area contributed by atoms with Crippen molar-refractivity contribution in [2.24, 2.45) is 0 Å². The van der Waals surface area contributed by atoms with E-state index in [1.165, 1.54) is 28.4 Å². The van der Waals surface area contributed by atoms with E-state index < -0.39 is 17.3 Å². The standard InChI is InChI=1S/C21H16FNO3S/c22-15-6-3-5-14(11-15)13-23-17-8-2-1-7-16(17)21(26,20(23)25)12-18(24)19-9-4-10-27-19/h1-11,26H,12-13H2/t21-/m1/s1. The summed E-state index contributed by atoms with van der Waals surface area (Å²) in [6.45, 7) is 0.114. The molecular weight excluding hydrogens is 365 g/mol. The maximum absolute atomic E-state index is 13.5. The van der Waals surface area contributed by atoms with Crippen LogP contribution in [-0.4, -0.2) is 16.8 Å². The smallest absolute Gasteiger partial charge is 0.264 e. The molecule has 27 heavy (non-hydrogen) atoms. The Labute approximate surface area is 159 Å². The van der Waals surface area contributed by atoms with Crippen LogP contribution in [-0.2, 0) is 16.9 Å². The first-order valence-electron chi connectivity index (χ1n) is 8.44. The summed E-state index contributed by atoms with van der Waals surface area (Å²) < 4.78 is 13.5. The van der Waals surface area contributed by atoms with Crippen molar-refractivity contribution in [3.05, 3.63) is 87.9 Å². The third kappa shape index (κ3) is 3.07. The predicted molar refractivity (Wildman–Crippen MR) is 101 cm³/mol. The highest BCUT2D eigenvalue weighted by molar-refractivity contribution is 7.12. The summed E-state index contributed by atoms with van der Waals surface area (Å²) in [4.78, 5) is 27.6. The minimum Gasteiger partial charge on any atom is -0.375 e. The number of para-hydroxylation sites is 1. The van der Waals surface area contributed by atoms with Gasteiger partial charge in [0.25, 0.3) is 5.91 Å². The van der Waals surface area contributed by atoms with Crippen LogP contribution in [0, 0.1) is 5.82 Å². The Morgan fingerprint density at radius 3 is 2.67 bits per heavy atom. The first kappa shape index (κ1) is 17.6. The number of hydrogen-bond donors (Lipinski definition) is 1. The molecule has 0 saturated carbocycles. The summed E-state index contributed by atoms with van der Waals surface area (Å²) in [5.41, 5.74) is -0.387. The quantitative estimate of drug-likeness (QED) is 0.682. The highest BCUT2D eigenvalue weighted by Crippen LogP contribution is 2.43. The molecule has 0 bridgehead atoms. The number of Topliss-reactive ketones (excluding diaryl/α,β-unsaturated/α-hetero) is 1. The number of benzene rings is 2. The Bertz CT molecular complexity index is 1020. The number of aliphatic hydroxyl groups is 1. The zero-order valence-corrected chi connectivity index (χ0v) is 15.1. The van der Waals surface area contributed by atoms with Crippen LogP contribution in [0.5, 0.6) is 0 Å². The molecule has 0 unspecified atom stereocenters. The molecule has 2 heterocycles. The molecule has 4 nitrogen and oxygen atoms in total. The molecule has 1 aromatic heterocycles. The molecule has 1 atom stereocenters. The zero-order valence-electron chi connectivity index (χ0n) is 14.3. The van der Waals surface area contributed by atoms with Gasteiger partial charge in [-0.3, -0.25) is 9.59 Å². The Hall–Kier alpha value is -2.83. The first-order chi connectivity index (χ1) is 13.0. The maximum Gasteiger partial charge on any atom is 0.264 e. The Kier molecular flexibility index (Phi) is 4.37. The van der Waals surface area contributed by atoms with Gasteiger partial charge in [-0.2, -0.15) is 0 Å². The molecule has 1 amide bonds. The molecule has 6 heteroatoms. The fourth-order valence-corrected chi connectivity index (χ4v) is 4.07. The second-order valence-electron chi connectivity index (χ2n) is 6.48. The fraction of sp³-hybridized carbons (Fsp3) is 0.143. The number of hydrogen-bond acceptors (Lipinski definition) is 4. The van der Waals surface area contributed by atoms with Crippen LogP contribution in [0.15, 0.2) is 66.0 Å². The fourth-order valence-electron chi connectivity index (χ4n) is 3.41. The summed E-state index contributed by atoms with van der Waals surface area (Å²) in [7, 11) is 0. The second-order valence-corrected chi connectivity index (χ2v) is 7.42. The number of ketones is 1. The van der Waals surface area contributed by atoms with Crippen molar-refractivity contribution in [2.45, 2.75) is 18.6 Å². The summed E-state index contributed by atoms with van der Waals surface area (Å²) in [6, 6.07) is 16.3. The van der Waals surface area contributed by atoms with Gasteiger partial charge in [-0.05, 0) is 35.2 Å².